The van der Waals surface area contributed by atoms with Crippen molar-refractivity contribution in [1.82, 2.24) is 20.3 Å². The number of nitro groups is 1. The predicted molar refractivity (Wildman–Crippen MR) is 70.0 cm³/mol. The maximum Gasteiger partial charge on any atom is 0.275 e. The van der Waals surface area contributed by atoms with Crippen LogP contribution in [0.2, 0.25) is 5.02 Å². The van der Waals surface area contributed by atoms with Crippen molar-refractivity contribution in [2.24, 2.45) is 0 Å². The zero-order valence-electron chi connectivity index (χ0n) is 10.2. The van der Waals surface area contributed by atoms with E-state index in [1.807, 2.05) is 0 Å². The Morgan fingerprint density at radius 1 is 1.53 bits per heavy atom. The van der Waals surface area contributed by atoms with Gasteiger partial charge in [0.1, 0.15) is 0 Å². The molecule has 0 amide bonds. The van der Waals surface area contributed by atoms with Crippen LogP contribution in [-0.2, 0) is 13.1 Å². The summed E-state index contributed by atoms with van der Waals surface area (Å²) < 4.78 is 1.53. The van der Waals surface area contributed by atoms with E-state index in [1.54, 1.807) is 25.4 Å². The Balaban J connectivity index is 2.29. The summed E-state index contributed by atoms with van der Waals surface area (Å²) >= 11 is 6.01. The Bertz CT molecular complexity index is 599. The third-order valence-corrected chi connectivity index (χ3v) is 2.91. The van der Waals surface area contributed by atoms with Crippen LogP contribution in [0.15, 0.2) is 24.4 Å². The van der Waals surface area contributed by atoms with Gasteiger partial charge in [-0.2, -0.15) is 0 Å². The van der Waals surface area contributed by atoms with Crippen LogP contribution >= 0.6 is 11.6 Å². The van der Waals surface area contributed by atoms with Crippen molar-refractivity contribution in [1.29, 1.82) is 0 Å². The molecule has 0 radical (unpaired) electrons. The van der Waals surface area contributed by atoms with Crippen LogP contribution in [0.5, 0.6) is 0 Å². The lowest BCUT2D eigenvalue weighted by Crippen LogP contribution is -2.05. The third kappa shape index (κ3) is 3.07. The van der Waals surface area contributed by atoms with Gasteiger partial charge in [0.25, 0.3) is 5.69 Å². The van der Waals surface area contributed by atoms with Crippen LogP contribution in [0.25, 0.3) is 0 Å². The topological polar surface area (TPSA) is 85.9 Å². The molecule has 0 atom stereocenters. The Hall–Kier alpha value is -1.99. The van der Waals surface area contributed by atoms with Crippen LogP contribution in [0, 0.1) is 10.1 Å². The molecule has 0 unspecified atom stereocenters. The molecule has 0 aliphatic carbocycles. The number of hydrogen-bond acceptors (Lipinski definition) is 5. The highest BCUT2D eigenvalue weighted by Crippen LogP contribution is 2.26. The second-order valence-corrected chi connectivity index (χ2v) is 4.34. The Morgan fingerprint density at radius 2 is 2.32 bits per heavy atom. The molecule has 0 aliphatic heterocycles. The summed E-state index contributed by atoms with van der Waals surface area (Å²) in [5.41, 5.74) is 1.17. The normalized spacial score (nSPS) is 10.6. The molecule has 7 nitrogen and oxygen atoms in total. The van der Waals surface area contributed by atoms with E-state index in [-0.39, 0.29) is 12.2 Å². The van der Waals surface area contributed by atoms with Gasteiger partial charge in [0.05, 0.1) is 33.9 Å². The first-order valence-electron chi connectivity index (χ1n) is 5.57. The van der Waals surface area contributed by atoms with Gasteiger partial charge in [-0.15, -0.1) is 5.10 Å². The maximum atomic E-state index is 11.0. The van der Waals surface area contributed by atoms with E-state index < -0.39 is 4.92 Å². The molecule has 100 valence electrons. The van der Waals surface area contributed by atoms with Gasteiger partial charge in [0, 0.05) is 12.6 Å². The average Bonchev–Trinajstić information content (AvgIpc) is 2.79. The standard InChI is InChI=1S/C11H12ClN5O2/c1-13-5-8-6-16(15-14-8)7-9-10(12)3-2-4-11(9)17(18)19/h2-4,6,13H,5,7H2,1H3. The number of nitrogens with one attached hydrogen (secondary N) is 1. The molecular weight excluding hydrogens is 270 g/mol. The maximum absolute atomic E-state index is 11.0. The molecule has 0 fully saturated rings. The van der Waals surface area contributed by atoms with Crippen molar-refractivity contribution in [3.8, 4) is 0 Å². The molecule has 8 heteroatoms. The highest BCUT2D eigenvalue weighted by molar-refractivity contribution is 6.31. The van der Waals surface area contributed by atoms with Crippen LogP contribution < -0.4 is 5.32 Å². The van der Waals surface area contributed by atoms with Gasteiger partial charge in [-0.05, 0) is 13.1 Å². The van der Waals surface area contributed by atoms with Crippen molar-refractivity contribution in [3.63, 3.8) is 0 Å². The zero-order valence-corrected chi connectivity index (χ0v) is 11.0. The molecule has 2 aromatic rings. The number of benzene rings is 1. The van der Waals surface area contributed by atoms with E-state index in [0.717, 1.165) is 5.69 Å². The molecule has 0 aliphatic rings. The van der Waals surface area contributed by atoms with Crippen LogP contribution in [0.3, 0.4) is 0 Å². The van der Waals surface area contributed by atoms with Gasteiger partial charge < -0.3 is 5.32 Å². The van der Waals surface area contributed by atoms with Crippen molar-refractivity contribution < 1.29 is 4.92 Å². The van der Waals surface area contributed by atoms with Gasteiger partial charge in [-0.3, -0.25) is 10.1 Å². The van der Waals surface area contributed by atoms with E-state index in [1.165, 1.54) is 10.7 Å². The quantitative estimate of drug-likeness (QED) is 0.665. The fourth-order valence-corrected chi connectivity index (χ4v) is 1.94. The van der Waals surface area contributed by atoms with E-state index in [4.69, 9.17) is 11.6 Å². The van der Waals surface area contributed by atoms with E-state index in [9.17, 15) is 10.1 Å². The molecule has 0 saturated carbocycles. The summed E-state index contributed by atoms with van der Waals surface area (Å²) in [5.74, 6) is 0. The summed E-state index contributed by atoms with van der Waals surface area (Å²) in [6, 6.07) is 4.60. The minimum atomic E-state index is -0.452. The lowest BCUT2D eigenvalue weighted by Gasteiger charge is -2.04. The summed E-state index contributed by atoms with van der Waals surface area (Å²) in [4.78, 5) is 10.5. The highest BCUT2D eigenvalue weighted by atomic mass is 35.5. The molecule has 0 saturated heterocycles. The van der Waals surface area contributed by atoms with Crippen molar-refractivity contribution in [3.05, 3.63) is 50.8 Å². The minimum Gasteiger partial charge on any atom is -0.314 e. The number of hydrogen-bond donors (Lipinski definition) is 1. The number of nitro benzene ring substituents is 1. The van der Waals surface area contributed by atoms with E-state index >= 15 is 0 Å². The molecule has 1 N–H and O–H groups in total. The van der Waals surface area contributed by atoms with Crippen molar-refractivity contribution in [2.45, 2.75) is 13.1 Å². The molecule has 1 aromatic carbocycles. The molecule has 0 spiro atoms. The summed E-state index contributed by atoms with van der Waals surface area (Å²) in [6.45, 7) is 0.803. The largest absolute Gasteiger partial charge is 0.314 e. The zero-order chi connectivity index (χ0) is 13.8. The van der Waals surface area contributed by atoms with Gasteiger partial charge in [-0.1, -0.05) is 22.9 Å². The molecule has 0 bridgehead atoms. The van der Waals surface area contributed by atoms with E-state index in [2.05, 4.69) is 15.6 Å². The lowest BCUT2D eigenvalue weighted by molar-refractivity contribution is -0.385. The van der Waals surface area contributed by atoms with Gasteiger partial charge in [0.2, 0.25) is 0 Å². The number of aromatic nitrogens is 3. The monoisotopic (exact) mass is 281 g/mol. The van der Waals surface area contributed by atoms with Gasteiger partial charge in [-0.25, -0.2) is 4.68 Å². The highest BCUT2D eigenvalue weighted by Gasteiger charge is 2.17. The second-order valence-electron chi connectivity index (χ2n) is 3.93. The molecule has 19 heavy (non-hydrogen) atoms. The molecule has 2 rings (SSSR count). The van der Waals surface area contributed by atoms with Crippen molar-refractivity contribution >= 4 is 17.3 Å². The predicted octanol–water partition coefficient (Wildman–Crippen LogP) is 1.61. The molecular formula is C11H12ClN5O2. The molecule has 1 heterocycles. The average molecular weight is 282 g/mol. The van der Waals surface area contributed by atoms with Gasteiger partial charge >= 0.3 is 0 Å². The molecule has 1 aromatic heterocycles. The Labute approximate surface area is 114 Å². The number of halogens is 1. The summed E-state index contributed by atoms with van der Waals surface area (Å²) in [7, 11) is 1.80. The minimum absolute atomic E-state index is 0.0156. The summed E-state index contributed by atoms with van der Waals surface area (Å²) in [6.07, 6.45) is 1.73. The van der Waals surface area contributed by atoms with Crippen LogP contribution in [-0.4, -0.2) is 27.0 Å². The second kappa shape index (κ2) is 5.77. The van der Waals surface area contributed by atoms with E-state index in [0.29, 0.717) is 17.1 Å². The smallest absolute Gasteiger partial charge is 0.275 e. The van der Waals surface area contributed by atoms with Gasteiger partial charge in [0.15, 0.2) is 0 Å². The van der Waals surface area contributed by atoms with Crippen molar-refractivity contribution in [2.75, 3.05) is 7.05 Å². The SMILES string of the molecule is CNCc1cn(Cc2c(Cl)cccc2[N+](=O)[O-])nn1. The Morgan fingerprint density at radius 3 is 3.00 bits per heavy atom. The fraction of sp³-hybridized carbons (Fsp3) is 0.273. The first-order valence-corrected chi connectivity index (χ1v) is 5.95. The van der Waals surface area contributed by atoms with Crippen LogP contribution in [0.4, 0.5) is 5.69 Å². The fourth-order valence-electron chi connectivity index (χ4n) is 1.71. The summed E-state index contributed by atoms with van der Waals surface area (Å²) in [5, 5.41) is 22.1. The first-order chi connectivity index (χ1) is 9.11. The van der Waals surface area contributed by atoms with Crippen LogP contribution in [0.1, 0.15) is 11.3 Å². The third-order valence-electron chi connectivity index (χ3n) is 2.55. The number of rotatable bonds is 5. The Kier molecular flexibility index (Phi) is 4.08. The lowest BCUT2D eigenvalue weighted by atomic mass is 10.2. The first kappa shape index (κ1) is 13.4. The number of nitrogens with zero attached hydrogens (tertiary/aromatic N) is 4.